The lowest BCUT2D eigenvalue weighted by molar-refractivity contribution is -0.242. The second kappa shape index (κ2) is 6.68. The van der Waals surface area contributed by atoms with Crippen molar-refractivity contribution >= 4 is 46.3 Å². The Morgan fingerprint density at radius 3 is 2.65 bits per heavy atom. The summed E-state index contributed by atoms with van der Waals surface area (Å²) in [6.07, 6.45) is -3.45. The largest absolute Gasteiger partial charge is 0.426 e. The number of carbonyl (C=O) groups excluding carboxylic acids is 1. The van der Waals surface area contributed by atoms with E-state index in [4.69, 9.17) is 11.6 Å². The molecule has 1 aromatic carbocycles. The summed E-state index contributed by atoms with van der Waals surface area (Å²) < 4.78 is 38.6. The molecule has 0 radical (unpaired) electrons. The molecule has 0 aliphatic carbocycles. The number of nitrogens with zero attached hydrogens (tertiary/aromatic N) is 1. The molecule has 4 nitrogen and oxygen atoms in total. The molecule has 0 fully saturated rings. The monoisotopic (exact) mass is 382 g/mol. The van der Waals surface area contributed by atoms with Crippen LogP contribution < -0.4 is 5.32 Å². The first-order chi connectivity index (χ1) is 10.6. The van der Waals surface area contributed by atoms with E-state index in [1.165, 1.54) is 35.2 Å². The zero-order chi connectivity index (χ0) is 17.3. The highest BCUT2D eigenvalue weighted by molar-refractivity contribution is 8.01. The summed E-state index contributed by atoms with van der Waals surface area (Å²) in [5.74, 6) is -1.60. The molecule has 10 heteroatoms. The normalized spacial score (nSPS) is 14.3. The van der Waals surface area contributed by atoms with Gasteiger partial charge in [-0.25, -0.2) is 4.98 Å². The fourth-order valence-corrected chi connectivity index (χ4v) is 3.32. The summed E-state index contributed by atoms with van der Waals surface area (Å²) in [5, 5.41) is 13.1. The van der Waals surface area contributed by atoms with Gasteiger partial charge in [0.25, 0.3) is 5.91 Å². The first kappa shape index (κ1) is 18.1. The van der Waals surface area contributed by atoms with Gasteiger partial charge in [-0.3, -0.25) is 4.79 Å². The molecule has 0 unspecified atom stereocenters. The molecule has 2 aromatic rings. The maximum Gasteiger partial charge on any atom is 0.426 e. The van der Waals surface area contributed by atoms with Gasteiger partial charge in [-0.05, 0) is 25.1 Å². The van der Waals surface area contributed by atoms with Gasteiger partial charge in [-0.1, -0.05) is 23.4 Å². The summed E-state index contributed by atoms with van der Waals surface area (Å²) >= 11 is 8.72. The third-order valence-electron chi connectivity index (χ3n) is 2.80. The summed E-state index contributed by atoms with van der Waals surface area (Å²) in [4.78, 5) is 16.4. The van der Waals surface area contributed by atoms with Gasteiger partial charge in [-0.15, -0.1) is 11.3 Å². The molecule has 1 heterocycles. The topological polar surface area (TPSA) is 62.2 Å². The van der Waals surface area contributed by atoms with Crippen molar-refractivity contribution in [2.45, 2.75) is 27.9 Å². The van der Waals surface area contributed by atoms with Crippen molar-refractivity contribution in [3.05, 3.63) is 34.8 Å². The zero-order valence-electron chi connectivity index (χ0n) is 11.5. The average Bonchev–Trinajstić information content (AvgIpc) is 2.93. The van der Waals surface area contributed by atoms with Gasteiger partial charge in [0.05, 0.1) is 10.7 Å². The molecular formula is C13H10ClF3N2O2S2. The second-order valence-corrected chi connectivity index (χ2v) is 7.19. The lowest BCUT2D eigenvalue weighted by Crippen LogP contribution is -2.52. The Morgan fingerprint density at radius 2 is 2.13 bits per heavy atom. The number of amides is 1. The van der Waals surface area contributed by atoms with E-state index in [0.717, 1.165) is 4.34 Å². The molecule has 0 bridgehead atoms. The SMILES string of the molecule is C[C@@](O)(C(=O)Nc1ccc(Sc2nccs2)cc1Cl)C(F)(F)F. The summed E-state index contributed by atoms with van der Waals surface area (Å²) in [6, 6.07) is 4.43. The van der Waals surface area contributed by atoms with E-state index in [-0.39, 0.29) is 10.7 Å². The van der Waals surface area contributed by atoms with Crippen molar-refractivity contribution in [2.75, 3.05) is 5.32 Å². The van der Waals surface area contributed by atoms with Crippen LogP contribution in [0.15, 0.2) is 39.0 Å². The highest BCUT2D eigenvalue weighted by Gasteiger charge is 2.55. The molecule has 1 aromatic heterocycles. The number of nitrogens with one attached hydrogen (secondary N) is 1. The number of benzene rings is 1. The minimum absolute atomic E-state index is 0.0234. The van der Waals surface area contributed by atoms with Crippen LogP contribution in [-0.2, 0) is 4.79 Å². The van der Waals surface area contributed by atoms with Crippen LogP contribution in [0.1, 0.15) is 6.92 Å². The van der Waals surface area contributed by atoms with Gasteiger partial charge in [0.1, 0.15) is 0 Å². The average molecular weight is 383 g/mol. The fraction of sp³-hybridized carbons (Fsp3) is 0.231. The van der Waals surface area contributed by atoms with Crippen LogP contribution in [0.2, 0.25) is 5.02 Å². The molecule has 23 heavy (non-hydrogen) atoms. The predicted octanol–water partition coefficient (Wildman–Crippen LogP) is 4.20. The van der Waals surface area contributed by atoms with Gasteiger partial charge in [0.15, 0.2) is 4.34 Å². The highest BCUT2D eigenvalue weighted by Crippen LogP contribution is 2.35. The highest BCUT2D eigenvalue weighted by atomic mass is 35.5. The third kappa shape index (κ3) is 4.17. The van der Waals surface area contributed by atoms with Gasteiger partial charge in [0.2, 0.25) is 5.60 Å². The lowest BCUT2D eigenvalue weighted by Gasteiger charge is -2.25. The van der Waals surface area contributed by atoms with Crippen LogP contribution >= 0.6 is 34.7 Å². The predicted molar refractivity (Wildman–Crippen MR) is 83.0 cm³/mol. The molecule has 0 aliphatic heterocycles. The minimum Gasteiger partial charge on any atom is -0.373 e. The van der Waals surface area contributed by atoms with Crippen LogP contribution in [0.25, 0.3) is 0 Å². The summed E-state index contributed by atoms with van der Waals surface area (Å²) in [5.41, 5.74) is -3.53. The summed E-state index contributed by atoms with van der Waals surface area (Å²) in [7, 11) is 0. The van der Waals surface area contributed by atoms with E-state index in [0.29, 0.717) is 11.8 Å². The number of aromatic nitrogens is 1. The standard InChI is InChI=1S/C13H10ClF3N2O2S2/c1-12(21,13(15,16)17)10(20)19-9-3-2-7(6-8(9)14)23-11-18-4-5-22-11/h2-6,21H,1H3,(H,19,20)/t12-/m1/s1. The Kier molecular flexibility index (Phi) is 5.24. The van der Waals surface area contributed by atoms with Crippen molar-refractivity contribution in [1.82, 2.24) is 4.98 Å². The first-order valence-electron chi connectivity index (χ1n) is 6.08. The molecule has 1 amide bonds. The number of anilines is 1. The quantitative estimate of drug-likeness (QED) is 0.832. The number of alkyl halides is 3. The first-order valence-corrected chi connectivity index (χ1v) is 8.16. The van der Waals surface area contributed by atoms with Crippen LogP contribution in [0.4, 0.5) is 18.9 Å². The van der Waals surface area contributed by atoms with E-state index in [1.54, 1.807) is 17.6 Å². The van der Waals surface area contributed by atoms with E-state index >= 15 is 0 Å². The van der Waals surface area contributed by atoms with Gasteiger partial charge < -0.3 is 10.4 Å². The van der Waals surface area contributed by atoms with Crippen LogP contribution in [-0.4, -0.2) is 27.8 Å². The number of aliphatic hydroxyl groups is 1. The number of hydrogen-bond donors (Lipinski definition) is 2. The lowest BCUT2D eigenvalue weighted by atomic mass is 10.1. The van der Waals surface area contributed by atoms with E-state index < -0.39 is 17.7 Å². The zero-order valence-corrected chi connectivity index (χ0v) is 13.9. The molecule has 2 rings (SSSR count). The van der Waals surface area contributed by atoms with Crippen molar-refractivity contribution in [1.29, 1.82) is 0 Å². The van der Waals surface area contributed by atoms with E-state index in [1.807, 2.05) is 5.32 Å². The smallest absolute Gasteiger partial charge is 0.373 e. The fourth-order valence-electron chi connectivity index (χ4n) is 1.40. The third-order valence-corrected chi connectivity index (χ3v) is 4.98. The van der Waals surface area contributed by atoms with E-state index in [9.17, 15) is 23.1 Å². The van der Waals surface area contributed by atoms with E-state index in [2.05, 4.69) is 4.98 Å². The summed E-state index contributed by atoms with van der Waals surface area (Å²) in [6.45, 7) is 0.378. The Bertz CT molecular complexity index is 706. The Morgan fingerprint density at radius 1 is 1.43 bits per heavy atom. The maximum atomic E-state index is 12.6. The Hall–Kier alpha value is -1.29. The van der Waals surface area contributed by atoms with Crippen LogP contribution in [0.5, 0.6) is 0 Å². The molecule has 1 atom stereocenters. The van der Waals surface area contributed by atoms with Gasteiger partial charge >= 0.3 is 6.18 Å². The van der Waals surface area contributed by atoms with Gasteiger partial charge in [-0.2, -0.15) is 13.2 Å². The van der Waals surface area contributed by atoms with Crippen molar-refractivity contribution in [3.8, 4) is 0 Å². The molecule has 124 valence electrons. The van der Waals surface area contributed by atoms with Crippen molar-refractivity contribution in [2.24, 2.45) is 0 Å². The van der Waals surface area contributed by atoms with Crippen LogP contribution in [0.3, 0.4) is 0 Å². The van der Waals surface area contributed by atoms with Crippen LogP contribution in [0, 0.1) is 0 Å². The maximum absolute atomic E-state index is 12.6. The molecule has 2 N–H and O–H groups in total. The second-order valence-electron chi connectivity index (χ2n) is 4.57. The molecule has 0 spiro atoms. The number of thiazole rings is 1. The number of rotatable bonds is 4. The minimum atomic E-state index is -5.09. The Balaban J connectivity index is 2.14. The van der Waals surface area contributed by atoms with Crippen molar-refractivity contribution in [3.63, 3.8) is 0 Å². The Labute approximate surface area is 142 Å². The molecular weight excluding hydrogens is 373 g/mol. The molecule has 0 saturated heterocycles. The molecule has 0 saturated carbocycles. The van der Waals surface area contributed by atoms with Gasteiger partial charge in [0, 0.05) is 16.5 Å². The molecule has 0 aliphatic rings. The van der Waals surface area contributed by atoms with Crippen molar-refractivity contribution < 1.29 is 23.1 Å². The number of hydrogen-bond acceptors (Lipinski definition) is 5. The number of carbonyl (C=O) groups is 1. The number of halogens is 4.